The lowest BCUT2D eigenvalue weighted by molar-refractivity contribution is -0.123. The number of hydrogen-bond acceptors (Lipinski definition) is 5. The summed E-state index contributed by atoms with van der Waals surface area (Å²) in [5, 5.41) is 1.03. The quantitative estimate of drug-likeness (QED) is 0.268. The number of rotatable bonds is 6. The Morgan fingerprint density at radius 3 is 2.33 bits per heavy atom. The van der Waals surface area contributed by atoms with Crippen LogP contribution in [-0.4, -0.2) is 61.0 Å². The van der Waals surface area contributed by atoms with Gasteiger partial charge in [-0.05, 0) is 67.4 Å². The maximum atomic E-state index is 14.7. The summed E-state index contributed by atoms with van der Waals surface area (Å²) in [5.74, 6) is 5.46. The number of anilines is 2. The highest BCUT2D eigenvalue weighted by Gasteiger charge is 2.43. The number of nitrogens with two attached hydrogens (primary N) is 1. The van der Waals surface area contributed by atoms with Gasteiger partial charge in [-0.25, -0.2) is 0 Å². The Labute approximate surface area is 262 Å². The third kappa shape index (κ3) is 6.54. The summed E-state index contributed by atoms with van der Waals surface area (Å²) in [6, 6.07) is 16.2. The molecule has 0 bridgehead atoms. The van der Waals surface area contributed by atoms with Gasteiger partial charge in [0.2, 0.25) is 0 Å². The summed E-state index contributed by atoms with van der Waals surface area (Å²) in [5.41, 5.74) is 9.87. The molecule has 10 heteroatoms. The molecular weight excluding hydrogens is 595 g/mol. The van der Waals surface area contributed by atoms with Crippen LogP contribution >= 0.6 is 35.6 Å². The molecule has 2 atom stereocenters. The Kier molecular flexibility index (Phi) is 10.4. The second kappa shape index (κ2) is 13.8. The first-order valence-electron chi connectivity index (χ1n) is 13.6. The van der Waals surface area contributed by atoms with Gasteiger partial charge in [-0.3, -0.25) is 14.5 Å². The standard InChI is InChI=1S/C32H32Cl2N4O3.ClH/c1-3-4-22-5-12-29-27(19-22)31(39)38(21(2)26-11-10-25(34)20-28(26)35)30(23-6-8-24(33)9-7-23)32(40)37(29)14-13-36-15-17-41-18-16-36;/h5-12,19-21,30H,13-18,35H2,1-2H3;1H/t21-,30+;/m1./s1. The second-order valence-corrected chi connectivity index (χ2v) is 11.0. The van der Waals surface area contributed by atoms with Crippen LogP contribution in [0.15, 0.2) is 60.7 Å². The van der Waals surface area contributed by atoms with Crippen molar-refractivity contribution in [1.29, 1.82) is 0 Å². The van der Waals surface area contributed by atoms with Gasteiger partial charge in [-0.15, -0.1) is 18.3 Å². The molecule has 0 spiro atoms. The zero-order chi connectivity index (χ0) is 29.1. The Balaban J connectivity index is 0.00000405. The monoisotopic (exact) mass is 626 g/mol. The van der Waals surface area contributed by atoms with E-state index in [1.54, 1.807) is 65.3 Å². The lowest BCUT2D eigenvalue weighted by atomic mass is 9.97. The predicted molar refractivity (Wildman–Crippen MR) is 170 cm³/mol. The van der Waals surface area contributed by atoms with E-state index in [1.165, 1.54) is 0 Å². The molecule has 2 heterocycles. The average molecular weight is 628 g/mol. The van der Waals surface area contributed by atoms with E-state index in [-0.39, 0.29) is 24.2 Å². The van der Waals surface area contributed by atoms with E-state index in [0.717, 1.165) is 13.1 Å². The molecule has 3 aromatic carbocycles. The molecule has 0 unspecified atom stereocenters. The number of carbonyl (C=O) groups is 2. The van der Waals surface area contributed by atoms with Crippen LogP contribution in [0, 0.1) is 11.8 Å². The summed E-state index contributed by atoms with van der Waals surface area (Å²) in [6.45, 7) is 7.58. The molecule has 2 aliphatic rings. The van der Waals surface area contributed by atoms with Gasteiger partial charge in [0.1, 0.15) is 6.04 Å². The highest BCUT2D eigenvalue weighted by molar-refractivity contribution is 6.31. The van der Waals surface area contributed by atoms with E-state index in [9.17, 15) is 9.59 Å². The van der Waals surface area contributed by atoms with Crippen LogP contribution in [0.4, 0.5) is 11.4 Å². The van der Waals surface area contributed by atoms with Crippen LogP contribution in [0.25, 0.3) is 0 Å². The first-order chi connectivity index (χ1) is 19.8. The van der Waals surface area contributed by atoms with E-state index in [0.29, 0.717) is 70.0 Å². The molecule has 220 valence electrons. The van der Waals surface area contributed by atoms with Crippen LogP contribution in [0.3, 0.4) is 0 Å². The summed E-state index contributed by atoms with van der Waals surface area (Å²) >= 11 is 12.4. The van der Waals surface area contributed by atoms with Gasteiger partial charge in [0.05, 0.1) is 30.5 Å². The van der Waals surface area contributed by atoms with Crippen LogP contribution in [0.2, 0.25) is 10.0 Å². The molecule has 0 aliphatic carbocycles. The van der Waals surface area contributed by atoms with Crippen molar-refractivity contribution < 1.29 is 14.3 Å². The lowest BCUT2D eigenvalue weighted by Crippen LogP contribution is -2.47. The van der Waals surface area contributed by atoms with Gasteiger partial charge < -0.3 is 20.3 Å². The fourth-order valence-corrected chi connectivity index (χ4v) is 5.83. The molecule has 0 radical (unpaired) electrons. The average Bonchev–Trinajstić information content (AvgIpc) is 3.05. The molecule has 1 saturated heterocycles. The van der Waals surface area contributed by atoms with E-state index >= 15 is 0 Å². The third-order valence-corrected chi connectivity index (χ3v) is 8.13. The maximum Gasteiger partial charge on any atom is 0.257 e. The molecule has 2 aliphatic heterocycles. The molecule has 5 rings (SSSR count). The van der Waals surface area contributed by atoms with Crippen LogP contribution in [0.5, 0.6) is 0 Å². The molecule has 2 amide bonds. The van der Waals surface area contributed by atoms with Crippen molar-refractivity contribution in [2.75, 3.05) is 50.0 Å². The summed E-state index contributed by atoms with van der Waals surface area (Å²) in [4.78, 5) is 34.9. The molecule has 2 N–H and O–H groups in total. The van der Waals surface area contributed by atoms with E-state index in [1.807, 2.05) is 19.1 Å². The third-order valence-electron chi connectivity index (χ3n) is 7.65. The molecule has 1 fully saturated rings. The number of amides is 2. The number of morpholine rings is 1. The van der Waals surface area contributed by atoms with Crippen molar-refractivity contribution in [3.8, 4) is 11.8 Å². The van der Waals surface area contributed by atoms with E-state index in [4.69, 9.17) is 33.7 Å². The van der Waals surface area contributed by atoms with Gasteiger partial charge in [0.25, 0.3) is 11.8 Å². The Bertz CT molecular complexity index is 1510. The number of hydrogen-bond donors (Lipinski definition) is 1. The maximum absolute atomic E-state index is 14.7. The fourth-order valence-electron chi connectivity index (χ4n) is 5.53. The van der Waals surface area contributed by atoms with Crippen molar-refractivity contribution in [2.45, 2.75) is 25.9 Å². The normalized spacial score (nSPS) is 18.0. The molecule has 0 aromatic heterocycles. The summed E-state index contributed by atoms with van der Waals surface area (Å²) in [6.07, 6.45) is 0. The van der Waals surface area contributed by atoms with Gasteiger partial charge >= 0.3 is 0 Å². The predicted octanol–water partition coefficient (Wildman–Crippen LogP) is 5.99. The minimum absolute atomic E-state index is 0. The summed E-state index contributed by atoms with van der Waals surface area (Å²) in [7, 11) is 0. The number of benzene rings is 3. The smallest absolute Gasteiger partial charge is 0.257 e. The number of halogens is 3. The number of ether oxygens (including phenoxy) is 1. The SMILES string of the molecule is CC#Cc1ccc2c(c1)C(=O)N([C@H](C)c1ccc(Cl)cc1N)[C@@H](c1ccc(Cl)cc1)C(=O)N2CCN1CCOCC1.Cl. The minimum atomic E-state index is -0.928. The van der Waals surface area contributed by atoms with Crippen molar-refractivity contribution >= 4 is 58.8 Å². The molecule has 3 aromatic rings. The molecule has 7 nitrogen and oxygen atoms in total. The van der Waals surface area contributed by atoms with Crippen LogP contribution < -0.4 is 10.6 Å². The number of fused-ring (bicyclic) bond motifs is 1. The Morgan fingerprint density at radius 2 is 1.67 bits per heavy atom. The van der Waals surface area contributed by atoms with E-state index in [2.05, 4.69) is 16.7 Å². The van der Waals surface area contributed by atoms with Crippen molar-refractivity contribution in [1.82, 2.24) is 9.80 Å². The van der Waals surface area contributed by atoms with Gasteiger partial charge in [0.15, 0.2) is 0 Å². The van der Waals surface area contributed by atoms with Crippen LogP contribution in [-0.2, 0) is 9.53 Å². The zero-order valence-corrected chi connectivity index (χ0v) is 25.8. The molecular formula is C32H33Cl3N4O3. The highest BCUT2D eigenvalue weighted by atomic mass is 35.5. The first kappa shape index (κ1) is 31.7. The molecule has 0 saturated carbocycles. The van der Waals surface area contributed by atoms with Crippen molar-refractivity contribution in [2.24, 2.45) is 0 Å². The Morgan fingerprint density at radius 1 is 0.976 bits per heavy atom. The zero-order valence-electron chi connectivity index (χ0n) is 23.5. The minimum Gasteiger partial charge on any atom is -0.398 e. The van der Waals surface area contributed by atoms with Gasteiger partial charge in [-0.1, -0.05) is 47.3 Å². The number of nitrogens with zero attached hydrogens (tertiary/aromatic N) is 3. The topological polar surface area (TPSA) is 79.1 Å². The van der Waals surface area contributed by atoms with Crippen molar-refractivity contribution in [3.63, 3.8) is 0 Å². The Hall–Kier alpha value is -3.25. The molecule has 42 heavy (non-hydrogen) atoms. The van der Waals surface area contributed by atoms with Gasteiger partial charge in [0, 0.05) is 47.5 Å². The summed E-state index contributed by atoms with van der Waals surface area (Å²) < 4.78 is 5.51. The second-order valence-electron chi connectivity index (χ2n) is 10.2. The lowest BCUT2D eigenvalue weighted by Gasteiger charge is -2.36. The number of nitrogen functional groups attached to an aromatic ring is 1. The van der Waals surface area contributed by atoms with Crippen LogP contribution in [0.1, 0.15) is 53.0 Å². The highest BCUT2D eigenvalue weighted by Crippen LogP contribution is 2.41. The van der Waals surface area contributed by atoms with Crippen molar-refractivity contribution in [3.05, 3.63) is 93.0 Å². The largest absolute Gasteiger partial charge is 0.398 e. The fraction of sp³-hybridized carbons (Fsp3) is 0.312. The van der Waals surface area contributed by atoms with E-state index < -0.39 is 12.1 Å². The van der Waals surface area contributed by atoms with Gasteiger partial charge in [-0.2, -0.15) is 0 Å². The number of carbonyl (C=O) groups excluding carboxylic acids is 2. The first-order valence-corrected chi connectivity index (χ1v) is 14.4.